The summed E-state index contributed by atoms with van der Waals surface area (Å²) in [6.07, 6.45) is 1.44. The van der Waals surface area contributed by atoms with Gasteiger partial charge in [0.2, 0.25) is 0 Å². The van der Waals surface area contributed by atoms with E-state index in [-0.39, 0.29) is 27.9 Å². The summed E-state index contributed by atoms with van der Waals surface area (Å²) in [5.41, 5.74) is 1.89. The van der Waals surface area contributed by atoms with Gasteiger partial charge in [-0.3, -0.25) is 14.5 Å². The van der Waals surface area contributed by atoms with Gasteiger partial charge >= 0.3 is 11.9 Å². The lowest BCUT2D eigenvalue weighted by molar-refractivity contribution is -0.132. The predicted molar refractivity (Wildman–Crippen MR) is 173 cm³/mol. The minimum Gasteiger partial charge on any atom is -0.507 e. The van der Waals surface area contributed by atoms with Gasteiger partial charge in [-0.05, 0) is 61.4 Å². The molecule has 236 valence electrons. The summed E-state index contributed by atoms with van der Waals surface area (Å²) in [5.74, 6) is -1.45. The maximum Gasteiger partial charge on any atom is 0.350 e. The Hall–Kier alpha value is -5.42. The first kappa shape index (κ1) is 32.0. The molecule has 1 aromatic heterocycles. The number of Topliss-reactive ketones (excluding diaryl/α,β-unsaturated/α-hetero) is 1. The molecule has 1 saturated heterocycles. The van der Waals surface area contributed by atoms with Crippen molar-refractivity contribution in [1.82, 2.24) is 4.98 Å². The fourth-order valence-electron chi connectivity index (χ4n) is 4.94. The highest BCUT2D eigenvalue weighted by Gasteiger charge is 2.48. The SMILES string of the molecule is C=CCOC(=O)c1sc(N2C(=O)C(=O)C(=C(O)c3ccc(OC)cc3)C2c2ccc(OCc3ccccc3)c(OCC)c2)nc1C. The molecule has 10 nitrogen and oxygen atoms in total. The first-order chi connectivity index (χ1) is 22.3. The van der Waals surface area contributed by atoms with Gasteiger partial charge in [0.15, 0.2) is 16.6 Å². The second kappa shape index (κ2) is 14.1. The summed E-state index contributed by atoms with van der Waals surface area (Å²) in [5, 5.41) is 11.6. The van der Waals surface area contributed by atoms with Gasteiger partial charge in [0.05, 0.1) is 31.0 Å². The number of ether oxygens (including phenoxy) is 4. The molecule has 1 unspecified atom stereocenters. The number of rotatable bonds is 12. The van der Waals surface area contributed by atoms with Crippen LogP contribution in [0.4, 0.5) is 5.13 Å². The number of amides is 1. The molecule has 5 rings (SSSR count). The Morgan fingerprint density at radius 2 is 1.78 bits per heavy atom. The molecule has 3 aromatic carbocycles. The van der Waals surface area contributed by atoms with Crippen molar-refractivity contribution in [2.45, 2.75) is 26.5 Å². The van der Waals surface area contributed by atoms with E-state index in [1.165, 1.54) is 18.1 Å². The lowest BCUT2D eigenvalue weighted by Gasteiger charge is -2.24. The maximum absolute atomic E-state index is 13.7. The smallest absolute Gasteiger partial charge is 0.350 e. The number of ketones is 1. The number of aliphatic hydroxyl groups excluding tert-OH is 1. The average Bonchev–Trinajstić information content (AvgIpc) is 3.59. The van der Waals surface area contributed by atoms with Crippen molar-refractivity contribution in [1.29, 1.82) is 0 Å². The van der Waals surface area contributed by atoms with Crippen molar-refractivity contribution in [3.8, 4) is 17.2 Å². The molecule has 0 spiro atoms. The lowest BCUT2D eigenvalue weighted by Crippen LogP contribution is -2.29. The van der Waals surface area contributed by atoms with E-state index >= 15 is 0 Å². The molecule has 1 aliphatic rings. The Bertz CT molecular complexity index is 1800. The molecule has 1 atom stereocenters. The summed E-state index contributed by atoms with van der Waals surface area (Å²) in [7, 11) is 1.51. The van der Waals surface area contributed by atoms with Crippen LogP contribution in [-0.2, 0) is 20.9 Å². The van der Waals surface area contributed by atoms with Gasteiger partial charge in [-0.2, -0.15) is 0 Å². The van der Waals surface area contributed by atoms with Crippen molar-refractivity contribution < 1.29 is 38.4 Å². The molecular weight excluding hydrogens is 608 g/mol. The zero-order valence-corrected chi connectivity index (χ0v) is 26.3. The second-order valence-electron chi connectivity index (χ2n) is 10.1. The number of benzene rings is 3. The first-order valence-electron chi connectivity index (χ1n) is 14.4. The summed E-state index contributed by atoms with van der Waals surface area (Å²) >= 11 is 0.914. The van der Waals surface area contributed by atoms with Crippen LogP contribution in [-0.4, -0.2) is 48.1 Å². The number of carbonyl (C=O) groups excluding carboxylic acids is 3. The van der Waals surface area contributed by atoms with Gasteiger partial charge in [0.1, 0.15) is 29.6 Å². The quantitative estimate of drug-likeness (QED) is 0.0615. The molecule has 1 aliphatic heterocycles. The van der Waals surface area contributed by atoms with E-state index in [2.05, 4.69) is 11.6 Å². The molecule has 0 radical (unpaired) electrons. The molecule has 4 aromatic rings. The van der Waals surface area contributed by atoms with Crippen molar-refractivity contribution >= 4 is 39.9 Å². The highest BCUT2D eigenvalue weighted by molar-refractivity contribution is 7.17. The molecule has 0 saturated carbocycles. The van der Waals surface area contributed by atoms with Gasteiger partial charge < -0.3 is 24.1 Å². The Labute approximate surface area is 270 Å². The molecule has 0 aliphatic carbocycles. The van der Waals surface area contributed by atoms with E-state index in [0.29, 0.717) is 47.3 Å². The number of nitrogens with zero attached hydrogens (tertiary/aromatic N) is 2. The summed E-state index contributed by atoms with van der Waals surface area (Å²) in [6.45, 7) is 7.60. The minimum atomic E-state index is -1.12. The molecule has 2 heterocycles. The second-order valence-corrected chi connectivity index (χ2v) is 11.1. The summed E-state index contributed by atoms with van der Waals surface area (Å²) in [6, 6.07) is 20.1. The fourth-order valence-corrected chi connectivity index (χ4v) is 5.93. The molecule has 1 N–H and O–H groups in total. The van der Waals surface area contributed by atoms with E-state index in [4.69, 9.17) is 18.9 Å². The van der Waals surface area contributed by atoms with Crippen LogP contribution in [0.1, 0.15) is 45.0 Å². The third-order valence-corrected chi connectivity index (χ3v) is 8.27. The zero-order valence-electron chi connectivity index (χ0n) is 25.5. The van der Waals surface area contributed by atoms with Crippen molar-refractivity contribution in [3.63, 3.8) is 0 Å². The van der Waals surface area contributed by atoms with E-state index in [1.807, 2.05) is 37.3 Å². The van der Waals surface area contributed by atoms with Gasteiger partial charge in [-0.25, -0.2) is 9.78 Å². The highest BCUT2D eigenvalue weighted by atomic mass is 32.1. The Kier molecular flexibility index (Phi) is 9.82. The Morgan fingerprint density at radius 1 is 1.04 bits per heavy atom. The van der Waals surface area contributed by atoms with Gasteiger partial charge in [-0.15, -0.1) is 0 Å². The topological polar surface area (TPSA) is 124 Å². The van der Waals surface area contributed by atoms with Crippen LogP contribution >= 0.6 is 11.3 Å². The van der Waals surface area contributed by atoms with E-state index in [0.717, 1.165) is 16.9 Å². The van der Waals surface area contributed by atoms with E-state index in [1.54, 1.807) is 49.4 Å². The van der Waals surface area contributed by atoms with Gasteiger partial charge in [0, 0.05) is 5.56 Å². The zero-order chi connectivity index (χ0) is 32.8. The number of carbonyl (C=O) groups is 3. The van der Waals surface area contributed by atoms with Crippen LogP contribution in [0, 0.1) is 6.92 Å². The Morgan fingerprint density at radius 3 is 2.46 bits per heavy atom. The maximum atomic E-state index is 13.7. The van der Waals surface area contributed by atoms with Crippen molar-refractivity contribution in [3.05, 3.63) is 118 Å². The number of thiazole rings is 1. The number of anilines is 1. The van der Waals surface area contributed by atoms with Crippen LogP contribution < -0.4 is 19.1 Å². The number of hydrogen-bond acceptors (Lipinski definition) is 10. The van der Waals surface area contributed by atoms with Crippen LogP contribution in [0.5, 0.6) is 17.2 Å². The van der Waals surface area contributed by atoms with Crippen LogP contribution in [0.3, 0.4) is 0 Å². The largest absolute Gasteiger partial charge is 0.507 e. The molecule has 46 heavy (non-hydrogen) atoms. The summed E-state index contributed by atoms with van der Waals surface area (Å²) in [4.78, 5) is 46.0. The monoisotopic (exact) mass is 640 g/mol. The number of aryl methyl sites for hydroxylation is 1. The number of methoxy groups -OCH3 is 1. The van der Waals surface area contributed by atoms with Crippen LogP contribution in [0.15, 0.2) is 91.0 Å². The molecule has 1 amide bonds. The predicted octanol–water partition coefficient (Wildman–Crippen LogP) is 6.41. The number of hydrogen-bond donors (Lipinski definition) is 1. The third kappa shape index (κ3) is 6.50. The third-order valence-electron chi connectivity index (χ3n) is 7.14. The average molecular weight is 641 g/mol. The number of aliphatic hydroxyl groups is 1. The number of aromatic nitrogens is 1. The normalized spacial score (nSPS) is 15.5. The molecule has 1 fully saturated rings. The minimum absolute atomic E-state index is 0.00319. The van der Waals surface area contributed by atoms with Crippen LogP contribution in [0.2, 0.25) is 0 Å². The van der Waals surface area contributed by atoms with E-state index < -0.39 is 23.7 Å². The number of esters is 1. The fraction of sp³-hybridized carbons (Fsp3) is 0.200. The first-order valence-corrected chi connectivity index (χ1v) is 15.2. The molecule has 0 bridgehead atoms. The standard InChI is InChI=1S/C35H32N2O8S/c1-5-18-44-34(41)32-21(3)36-35(46-32)37-29(28(31(39)33(37)40)30(38)23-12-15-25(42-4)16-13-23)24-14-17-26(27(19-24)43-6-2)45-20-22-10-8-7-9-11-22/h5,7-17,19,29,38H,1,6,18,20H2,2-4H3. The van der Waals surface area contributed by atoms with Crippen molar-refractivity contribution in [2.75, 3.05) is 25.2 Å². The van der Waals surface area contributed by atoms with Crippen molar-refractivity contribution in [2.24, 2.45) is 0 Å². The van der Waals surface area contributed by atoms with Crippen LogP contribution in [0.25, 0.3) is 5.76 Å². The highest BCUT2D eigenvalue weighted by Crippen LogP contribution is 2.45. The molecular formula is C35H32N2O8S. The molecule has 11 heteroatoms. The van der Waals surface area contributed by atoms with Gasteiger partial charge in [0.25, 0.3) is 5.78 Å². The Balaban J connectivity index is 1.63. The lowest BCUT2D eigenvalue weighted by atomic mass is 9.95. The van der Waals surface area contributed by atoms with Gasteiger partial charge in [-0.1, -0.05) is 60.4 Å². The summed E-state index contributed by atoms with van der Waals surface area (Å²) < 4.78 is 22.4. The van der Waals surface area contributed by atoms with E-state index in [9.17, 15) is 19.5 Å².